The van der Waals surface area contributed by atoms with Crippen molar-refractivity contribution in [2.75, 3.05) is 19.0 Å². The van der Waals surface area contributed by atoms with Crippen LogP contribution in [0.15, 0.2) is 29.2 Å². The minimum atomic E-state index is -3.36. The van der Waals surface area contributed by atoms with Gasteiger partial charge in [0, 0.05) is 25.4 Å². The van der Waals surface area contributed by atoms with Gasteiger partial charge in [0.05, 0.1) is 11.0 Å². The van der Waals surface area contributed by atoms with Gasteiger partial charge < -0.3 is 10.1 Å². The predicted octanol–water partition coefficient (Wildman–Crippen LogP) is 1.57. The number of sulfonamides is 1. The van der Waals surface area contributed by atoms with Crippen molar-refractivity contribution in [2.24, 2.45) is 0 Å². The summed E-state index contributed by atoms with van der Waals surface area (Å²) in [5.74, 6) is 0. The van der Waals surface area contributed by atoms with Crippen molar-refractivity contribution in [1.82, 2.24) is 4.72 Å². The molecule has 6 heteroatoms. The van der Waals surface area contributed by atoms with E-state index in [-0.39, 0.29) is 0 Å². The Kier molecular flexibility index (Phi) is 4.44. The fourth-order valence-corrected chi connectivity index (χ4v) is 3.16. The maximum absolute atomic E-state index is 11.8. The number of ether oxygens (including phenoxy) is 1. The molecule has 0 saturated heterocycles. The number of rotatable bonds is 6. The zero-order valence-electron chi connectivity index (χ0n) is 11.2. The largest absolute Gasteiger partial charge is 0.382 e. The van der Waals surface area contributed by atoms with Gasteiger partial charge in [0.1, 0.15) is 0 Å². The molecule has 2 N–H and O–H groups in total. The average molecular weight is 284 g/mol. The Morgan fingerprint density at radius 1 is 1.26 bits per heavy atom. The Morgan fingerprint density at radius 2 is 1.89 bits per heavy atom. The Hall–Kier alpha value is -1.11. The lowest BCUT2D eigenvalue weighted by molar-refractivity contribution is 0.0329. The minimum Gasteiger partial charge on any atom is -0.382 e. The summed E-state index contributed by atoms with van der Waals surface area (Å²) in [5, 5.41) is 3.36. The van der Waals surface area contributed by atoms with Gasteiger partial charge in [-0.1, -0.05) is 6.92 Å². The van der Waals surface area contributed by atoms with Crippen LogP contribution in [0.4, 0.5) is 5.69 Å². The van der Waals surface area contributed by atoms with Crippen molar-refractivity contribution < 1.29 is 13.2 Å². The van der Waals surface area contributed by atoms with E-state index in [0.29, 0.717) is 23.6 Å². The highest BCUT2D eigenvalue weighted by Gasteiger charge is 2.28. The first-order chi connectivity index (χ1) is 9.05. The molecular formula is C13H20N2O3S. The van der Waals surface area contributed by atoms with E-state index in [2.05, 4.69) is 10.0 Å². The SMILES string of the molecule is CCNS(=O)(=O)c1ccc(NC2CC(OC)C2)cc1. The van der Waals surface area contributed by atoms with Gasteiger partial charge in [0.25, 0.3) is 0 Å². The summed E-state index contributed by atoms with van der Waals surface area (Å²) in [5.41, 5.74) is 0.940. The Balaban J connectivity index is 1.96. The summed E-state index contributed by atoms with van der Waals surface area (Å²) in [4.78, 5) is 0.295. The molecule has 106 valence electrons. The van der Waals surface area contributed by atoms with Crippen LogP contribution in [-0.2, 0) is 14.8 Å². The molecule has 1 aromatic carbocycles. The Morgan fingerprint density at radius 3 is 2.42 bits per heavy atom. The van der Waals surface area contributed by atoms with E-state index in [1.807, 2.05) is 0 Å². The fraction of sp³-hybridized carbons (Fsp3) is 0.538. The molecule has 1 aliphatic rings. The van der Waals surface area contributed by atoms with Crippen LogP contribution in [0, 0.1) is 0 Å². The molecule has 0 unspecified atom stereocenters. The van der Waals surface area contributed by atoms with Gasteiger partial charge in [-0.3, -0.25) is 0 Å². The number of methoxy groups -OCH3 is 1. The van der Waals surface area contributed by atoms with Gasteiger partial charge in [0.15, 0.2) is 0 Å². The molecule has 0 bridgehead atoms. The maximum Gasteiger partial charge on any atom is 0.240 e. The maximum atomic E-state index is 11.8. The number of benzene rings is 1. The lowest BCUT2D eigenvalue weighted by Crippen LogP contribution is -2.40. The predicted molar refractivity (Wildman–Crippen MR) is 74.7 cm³/mol. The van der Waals surface area contributed by atoms with Crippen LogP contribution >= 0.6 is 0 Å². The topological polar surface area (TPSA) is 67.4 Å². The molecule has 0 heterocycles. The summed E-state index contributed by atoms with van der Waals surface area (Å²) in [7, 11) is -1.63. The zero-order chi connectivity index (χ0) is 13.9. The summed E-state index contributed by atoms with van der Waals surface area (Å²) >= 11 is 0. The minimum absolute atomic E-state index is 0.295. The third-order valence-corrected chi connectivity index (χ3v) is 4.86. The van der Waals surface area contributed by atoms with E-state index in [1.165, 1.54) is 0 Å². The van der Waals surface area contributed by atoms with Crippen molar-refractivity contribution >= 4 is 15.7 Å². The molecule has 0 radical (unpaired) electrons. The van der Waals surface area contributed by atoms with Crippen LogP contribution in [0.25, 0.3) is 0 Å². The zero-order valence-corrected chi connectivity index (χ0v) is 12.0. The molecule has 1 aliphatic carbocycles. The first-order valence-electron chi connectivity index (χ1n) is 6.44. The van der Waals surface area contributed by atoms with Gasteiger partial charge in [-0.2, -0.15) is 0 Å². The van der Waals surface area contributed by atoms with Crippen LogP contribution in [0.5, 0.6) is 0 Å². The van der Waals surface area contributed by atoms with E-state index in [1.54, 1.807) is 38.3 Å². The first-order valence-corrected chi connectivity index (χ1v) is 7.92. The third kappa shape index (κ3) is 3.46. The number of nitrogens with one attached hydrogen (secondary N) is 2. The van der Waals surface area contributed by atoms with Gasteiger partial charge in [0.2, 0.25) is 10.0 Å². The van der Waals surface area contributed by atoms with E-state index in [4.69, 9.17) is 4.74 Å². The molecule has 5 nitrogen and oxygen atoms in total. The standard InChI is InChI=1S/C13H20N2O3S/c1-3-14-19(16,17)13-6-4-10(5-7-13)15-11-8-12(9-11)18-2/h4-7,11-12,14-15H,3,8-9H2,1-2H3. The Bertz CT molecular complexity index is 507. The molecular weight excluding hydrogens is 264 g/mol. The van der Waals surface area contributed by atoms with E-state index >= 15 is 0 Å². The van der Waals surface area contributed by atoms with Crippen molar-refractivity contribution in [1.29, 1.82) is 0 Å². The molecule has 0 aliphatic heterocycles. The van der Waals surface area contributed by atoms with Gasteiger partial charge in [-0.25, -0.2) is 13.1 Å². The van der Waals surface area contributed by atoms with Crippen LogP contribution in [-0.4, -0.2) is 34.2 Å². The van der Waals surface area contributed by atoms with Crippen LogP contribution in [0.3, 0.4) is 0 Å². The quantitative estimate of drug-likeness (QED) is 0.832. The molecule has 0 spiro atoms. The monoisotopic (exact) mass is 284 g/mol. The fourth-order valence-electron chi connectivity index (χ4n) is 2.12. The molecule has 0 aromatic heterocycles. The molecule has 2 rings (SSSR count). The van der Waals surface area contributed by atoms with Crippen molar-refractivity contribution in [2.45, 2.75) is 36.8 Å². The summed E-state index contributed by atoms with van der Waals surface area (Å²) in [6.45, 7) is 2.15. The highest BCUT2D eigenvalue weighted by atomic mass is 32.2. The van der Waals surface area contributed by atoms with Crippen LogP contribution in [0.1, 0.15) is 19.8 Å². The van der Waals surface area contributed by atoms with E-state index in [9.17, 15) is 8.42 Å². The second kappa shape index (κ2) is 5.90. The summed E-state index contributed by atoms with van der Waals surface area (Å²) in [6.07, 6.45) is 2.34. The smallest absolute Gasteiger partial charge is 0.240 e. The summed E-state index contributed by atoms with van der Waals surface area (Å²) in [6, 6.07) is 7.25. The molecule has 19 heavy (non-hydrogen) atoms. The lowest BCUT2D eigenvalue weighted by atomic mass is 9.89. The third-order valence-electron chi connectivity index (χ3n) is 3.30. The normalized spacial score (nSPS) is 22.8. The average Bonchev–Trinajstić information content (AvgIpc) is 2.34. The summed E-state index contributed by atoms with van der Waals surface area (Å²) < 4.78 is 31.2. The van der Waals surface area contributed by atoms with Gasteiger partial charge in [-0.05, 0) is 37.1 Å². The number of hydrogen-bond acceptors (Lipinski definition) is 4. The number of hydrogen-bond donors (Lipinski definition) is 2. The molecule has 1 saturated carbocycles. The second-order valence-electron chi connectivity index (χ2n) is 4.70. The Labute approximate surface area is 114 Å². The van der Waals surface area contributed by atoms with Gasteiger partial charge >= 0.3 is 0 Å². The van der Waals surface area contributed by atoms with Crippen LogP contribution < -0.4 is 10.0 Å². The van der Waals surface area contributed by atoms with E-state index < -0.39 is 10.0 Å². The van der Waals surface area contributed by atoms with Crippen LogP contribution in [0.2, 0.25) is 0 Å². The molecule has 1 aromatic rings. The van der Waals surface area contributed by atoms with Crippen molar-refractivity contribution in [3.63, 3.8) is 0 Å². The second-order valence-corrected chi connectivity index (χ2v) is 6.46. The van der Waals surface area contributed by atoms with E-state index in [0.717, 1.165) is 18.5 Å². The highest BCUT2D eigenvalue weighted by molar-refractivity contribution is 7.89. The van der Waals surface area contributed by atoms with Crippen molar-refractivity contribution in [3.8, 4) is 0 Å². The lowest BCUT2D eigenvalue weighted by Gasteiger charge is -2.35. The van der Waals surface area contributed by atoms with Gasteiger partial charge in [-0.15, -0.1) is 0 Å². The molecule has 1 fully saturated rings. The molecule has 0 amide bonds. The molecule has 0 atom stereocenters. The first kappa shape index (κ1) is 14.3. The van der Waals surface area contributed by atoms with Crippen molar-refractivity contribution in [3.05, 3.63) is 24.3 Å². The highest BCUT2D eigenvalue weighted by Crippen LogP contribution is 2.26. The number of anilines is 1.